The Morgan fingerprint density at radius 3 is 2.63 bits per heavy atom. The van der Waals surface area contributed by atoms with Crippen LogP contribution < -0.4 is 15.0 Å². The minimum atomic E-state index is -0.424. The second kappa shape index (κ2) is 7.99. The van der Waals surface area contributed by atoms with E-state index in [-0.39, 0.29) is 0 Å². The fourth-order valence-corrected chi connectivity index (χ4v) is 3.08. The Hall–Kier alpha value is -3.22. The summed E-state index contributed by atoms with van der Waals surface area (Å²) in [6.45, 7) is 6.64. The minimum absolute atomic E-state index is 0.322. The first-order chi connectivity index (χ1) is 13.0. The first kappa shape index (κ1) is 18.6. The lowest BCUT2D eigenvalue weighted by Gasteiger charge is -2.33. The van der Waals surface area contributed by atoms with Gasteiger partial charge < -0.3 is 14.5 Å². The predicted octanol–water partition coefficient (Wildman–Crippen LogP) is 3.95. The number of ether oxygens (including phenoxy) is 1. The molecule has 3 rings (SSSR count). The van der Waals surface area contributed by atoms with Crippen LogP contribution in [0.2, 0.25) is 0 Å². The molecule has 0 saturated carbocycles. The third-order valence-corrected chi connectivity index (χ3v) is 4.37. The van der Waals surface area contributed by atoms with Gasteiger partial charge in [0.1, 0.15) is 17.6 Å². The van der Waals surface area contributed by atoms with Crippen LogP contribution in [-0.4, -0.2) is 37.2 Å². The van der Waals surface area contributed by atoms with Crippen molar-refractivity contribution in [1.82, 2.24) is 10.2 Å². The normalized spacial score (nSPS) is 14.6. The number of hydrogen-bond donors (Lipinski definition) is 1. The van der Waals surface area contributed by atoms with Crippen molar-refractivity contribution in [1.29, 1.82) is 0 Å². The largest absolute Gasteiger partial charge is 0.497 e. The number of rotatable bonds is 6. The van der Waals surface area contributed by atoms with E-state index in [1.54, 1.807) is 48.6 Å². The van der Waals surface area contributed by atoms with Gasteiger partial charge in [0, 0.05) is 18.8 Å². The highest BCUT2D eigenvalue weighted by atomic mass is 16.5. The maximum absolute atomic E-state index is 13.3. The van der Waals surface area contributed by atoms with E-state index in [2.05, 4.69) is 11.9 Å². The van der Waals surface area contributed by atoms with E-state index in [0.717, 1.165) is 5.57 Å². The lowest BCUT2D eigenvalue weighted by Crippen LogP contribution is -2.46. The topological polar surface area (TPSA) is 75.0 Å². The minimum Gasteiger partial charge on any atom is -0.497 e. The summed E-state index contributed by atoms with van der Waals surface area (Å²) in [5.41, 5.74) is 1.54. The molecule has 1 aliphatic rings. The van der Waals surface area contributed by atoms with Crippen LogP contribution in [-0.2, 0) is 0 Å². The Morgan fingerprint density at radius 1 is 1.37 bits per heavy atom. The molecular formula is C20H23N3O4. The molecule has 7 heteroatoms. The number of hydrogen-bond acceptors (Lipinski definition) is 4. The van der Waals surface area contributed by atoms with Gasteiger partial charge in [-0.2, -0.15) is 0 Å². The number of amides is 4. The van der Waals surface area contributed by atoms with Gasteiger partial charge in [0.25, 0.3) is 0 Å². The molecule has 1 aromatic heterocycles. The summed E-state index contributed by atoms with van der Waals surface area (Å²) in [6.07, 6.45) is 2.07. The molecule has 1 atom stereocenters. The number of benzene rings is 1. The monoisotopic (exact) mass is 369 g/mol. The molecule has 1 N–H and O–H groups in total. The van der Waals surface area contributed by atoms with Crippen molar-refractivity contribution in [2.75, 3.05) is 25.1 Å². The van der Waals surface area contributed by atoms with Crippen LogP contribution in [0.3, 0.4) is 0 Å². The Bertz CT molecular complexity index is 814. The van der Waals surface area contributed by atoms with Crippen LogP contribution in [0.4, 0.5) is 15.3 Å². The molecule has 1 fully saturated rings. The molecule has 27 heavy (non-hydrogen) atoms. The van der Waals surface area contributed by atoms with Crippen LogP contribution in [0, 0.1) is 0 Å². The maximum Gasteiger partial charge on any atom is 0.333 e. The van der Waals surface area contributed by atoms with Gasteiger partial charge in [-0.3, -0.25) is 4.90 Å². The third-order valence-electron chi connectivity index (χ3n) is 4.37. The third kappa shape index (κ3) is 3.97. The molecular weight excluding hydrogens is 346 g/mol. The Labute approximate surface area is 158 Å². The molecule has 4 amide bonds. The lowest BCUT2D eigenvalue weighted by atomic mass is 10.0. The van der Waals surface area contributed by atoms with Crippen molar-refractivity contribution in [3.8, 4) is 5.75 Å². The molecule has 0 radical (unpaired) electrons. The van der Waals surface area contributed by atoms with Crippen LogP contribution in [0.5, 0.6) is 5.75 Å². The average molecular weight is 369 g/mol. The van der Waals surface area contributed by atoms with Crippen molar-refractivity contribution < 1.29 is 18.7 Å². The zero-order chi connectivity index (χ0) is 19.4. The van der Waals surface area contributed by atoms with Crippen LogP contribution >= 0.6 is 0 Å². The van der Waals surface area contributed by atoms with E-state index in [0.29, 0.717) is 36.7 Å². The summed E-state index contributed by atoms with van der Waals surface area (Å²) in [4.78, 5) is 28.2. The van der Waals surface area contributed by atoms with Gasteiger partial charge in [-0.05, 0) is 49.7 Å². The van der Waals surface area contributed by atoms with Crippen LogP contribution in [0.15, 0.2) is 59.2 Å². The number of imide groups is 1. The first-order valence-electron chi connectivity index (χ1n) is 8.71. The molecule has 2 aromatic rings. The standard InChI is InChI=1S/C20H23N3O4/c1-14(2)13-17(18-5-4-12-27-18)23(15-6-8-16(26-3)9-7-15)20(25)22-11-10-21-19(22)24/h4-9,12,17H,1,10-11,13H2,2-3H3,(H,21,24). The molecule has 0 spiro atoms. The molecule has 7 nitrogen and oxygen atoms in total. The number of carbonyl (C=O) groups excluding carboxylic acids is 2. The molecule has 1 unspecified atom stereocenters. The second-order valence-corrected chi connectivity index (χ2v) is 6.43. The highest BCUT2D eigenvalue weighted by molar-refractivity contribution is 6.03. The number of nitrogens with zero attached hydrogens (tertiary/aromatic N) is 2. The van der Waals surface area contributed by atoms with Gasteiger partial charge in [0.2, 0.25) is 0 Å². The quantitative estimate of drug-likeness (QED) is 0.783. The van der Waals surface area contributed by atoms with Crippen molar-refractivity contribution in [3.63, 3.8) is 0 Å². The number of urea groups is 2. The summed E-state index contributed by atoms with van der Waals surface area (Å²) in [7, 11) is 1.58. The summed E-state index contributed by atoms with van der Waals surface area (Å²) in [6, 6.07) is 9.51. The average Bonchev–Trinajstić information content (AvgIpc) is 3.33. The first-order valence-corrected chi connectivity index (χ1v) is 8.71. The number of anilines is 1. The molecule has 0 bridgehead atoms. The maximum atomic E-state index is 13.3. The molecule has 2 heterocycles. The predicted molar refractivity (Wildman–Crippen MR) is 102 cm³/mol. The number of methoxy groups -OCH3 is 1. The number of nitrogens with one attached hydrogen (secondary N) is 1. The van der Waals surface area contributed by atoms with Crippen molar-refractivity contribution in [2.24, 2.45) is 0 Å². The zero-order valence-electron chi connectivity index (χ0n) is 15.5. The highest BCUT2D eigenvalue weighted by Crippen LogP contribution is 2.34. The van der Waals surface area contributed by atoms with E-state index in [1.165, 1.54) is 4.90 Å². The Kier molecular flexibility index (Phi) is 5.49. The summed E-state index contributed by atoms with van der Waals surface area (Å²) in [5, 5.41) is 2.67. The zero-order valence-corrected chi connectivity index (χ0v) is 15.5. The van der Waals surface area contributed by atoms with E-state index in [9.17, 15) is 9.59 Å². The van der Waals surface area contributed by atoms with Gasteiger partial charge in [-0.1, -0.05) is 5.57 Å². The molecule has 0 aliphatic carbocycles. The van der Waals surface area contributed by atoms with Crippen molar-refractivity contribution >= 4 is 17.7 Å². The number of carbonyl (C=O) groups is 2. The van der Waals surface area contributed by atoms with Gasteiger partial charge in [0.05, 0.1) is 13.4 Å². The van der Waals surface area contributed by atoms with Gasteiger partial charge in [0.15, 0.2) is 0 Å². The van der Waals surface area contributed by atoms with Crippen LogP contribution in [0.25, 0.3) is 0 Å². The van der Waals surface area contributed by atoms with E-state index < -0.39 is 18.1 Å². The van der Waals surface area contributed by atoms with E-state index in [1.807, 2.05) is 13.0 Å². The SMILES string of the molecule is C=C(C)CC(c1ccco1)N(C(=O)N1CCNC1=O)c1ccc(OC)cc1. The summed E-state index contributed by atoms with van der Waals surface area (Å²) in [5.74, 6) is 1.31. The number of furan rings is 1. The van der Waals surface area contributed by atoms with Crippen molar-refractivity contribution in [2.45, 2.75) is 19.4 Å². The molecule has 142 valence electrons. The second-order valence-electron chi connectivity index (χ2n) is 6.43. The van der Waals surface area contributed by atoms with Crippen molar-refractivity contribution in [3.05, 3.63) is 60.6 Å². The fourth-order valence-electron chi connectivity index (χ4n) is 3.08. The smallest absolute Gasteiger partial charge is 0.333 e. The van der Waals surface area contributed by atoms with Gasteiger partial charge in [-0.15, -0.1) is 6.58 Å². The molecule has 1 aliphatic heterocycles. The molecule has 1 aromatic carbocycles. The van der Waals surface area contributed by atoms with E-state index >= 15 is 0 Å². The Morgan fingerprint density at radius 2 is 2.11 bits per heavy atom. The highest BCUT2D eigenvalue weighted by Gasteiger charge is 2.36. The van der Waals surface area contributed by atoms with Gasteiger partial charge >= 0.3 is 12.1 Å². The van der Waals surface area contributed by atoms with Crippen LogP contribution in [0.1, 0.15) is 25.1 Å². The summed E-state index contributed by atoms with van der Waals surface area (Å²) >= 11 is 0. The molecule has 1 saturated heterocycles. The Balaban J connectivity index is 2.04. The lowest BCUT2D eigenvalue weighted by molar-refractivity contribution is 0.200. The van der Waals surface area contributed by atoms with E-state index in [4.69, 9.17) is 9.15 Å². The summed E-state index contributed by atoms with van der Waals surface area (Å²) < 4.78 is 10.8. The fraction of sp³-hybridized carbons (Fsp3) is 0.300. The van der Waals surface area contributed by atoms with Gasteiger partial charge in [-0.25, -0.2) is 14.5 Å².